The van der Waals surface area contributed by atoms with E-state index in [9.17, 15) is 0 Å². The molecule has 30 heavy (non-hydrogen) atoms. The van der Waals surface area contributed by atoms with Crippen LogP contribution in [0.25, 0.3) is 0 Å². The molecule has 0 N–H and O–H groups in total. The Labute approximate surface area is 184 Å². The second kappa shape index (κ2) is 5.25. The fraction of sp³-hybridized carbons (Fsp3) is 0.600. The molecule has 0 heterocycles. The fourth-order valence-corrected chi connectivity index (χ4v) is 10.3. The summed E-state index contributed by atoms with van der Waals surface area (Å²) in [6, 6.07) is 0. The zero-order chi connectivity index (χ0) is 22.0. The van der Waals surface area contributed by atoms with Crippen molar-refractivity contribution in [2.75, 3.05) is 0 Å². The molecular formula is C30H40. The monoisotopic (exact) mass is 400 g/mol. The van der Waals surface area contributed by atoms with Gasteiger partial charge in [-0.25, -0.2) is 0 Å². The predicted molar refractivity (Wildman–Crippen MR) is 129 cm³/mol. The van der Waals surface area contributed by atoms with Gasteiger partial charge in [0.05, 0.1) is 0 Å². The summed E-state index contributed by atoms with van der Waals surface area (Å²) in [5.74, 6) is 1.13. The van der Waals surface area contributed by atoms with Gasteiger partial charge in [-0.1, -0.05) is 128 Å². The zero-order valence-corrected chi connectivity index (χ0v) is 20.5. The van der Waals surface area contributed by atoms with Gasteiger partial charge in [0.2, 0.25) is 0 Å². The lowest BCUT2D eigenvalue weighted by Crippen LogP contribution is -2.75. The highest BCUT2D eigenvalue weighted by molar-refractivity contribution is 5.50. The average Bonchev–Trinajstić information content (AvgIpc) is 2.85. The minimum atomic E-state index is 0.0120. The highest BCUT2D eigenvalue weighted by atomic mass is 14.9. The van der Waals surface area contributed by atoms with E-state index in [-0.39, 0.29) is 37.9 Å². The molecule has 0 aromatic heterocycles. The van der Waals surface area contributed by atoms with Gasteiger partial charge in [0, 0.05) is 27.1 Å². The number of allylic oxidation sites excluding steroid dienone is 12. The van der Waals surface area contributed by atoms with Crippen LogP contribution in [-0.2, 0) is 0 Å². The van der Waals surface area contributed by atoms with Gasteiger partial charge in [-0.05, 0) is 29.6 Å². The van der Waals surface area contributed by atoms with Crippen molar-refractivity contribution < 1.29 is 0 Å². The van der Waals surface area contributed by atoms with E-state index in [1.54, 1.807) is 5.57 Å². The molecule has 0 bridgehead atoms. The van der Waals surface area contributed by atoms with E-state index in [2.05, 4.69) is 129 Å². The Bertz CT molecular complexity index is 1000. The lowest BCUT2D eigenvalue weighted by Gasteiger charge is -2.80. The second-order valence-corrected chi connectivity index (χ2v) is 12.3. The lowest BCUT2D eigenvalue weighted by molar-refractivity contribution is -0.271. The highest BCUT2D eigenvalue weighted by Crippen LogP contribution is 2.90. The summed E-state index contributed by atoms with van der Waals surface area (Å²) in [5, 5.41) is 0. The molecule has 160 valence electrons. The van der Waals surface area contributed by atoms with Crippen molar-refractivity contribution >= 4 is 0 Å². The average molecular weight is 401 g/mol. The number of rotatable bonds is 0. The molecule has 0 spiro atoms. The topological polar surface area (TPSA) is 0 Å². The van der Waals surface area contributed by atoms with Crippen molar-refractivity contribution in [2.24, 2.45) is 49.7 Å². The molecule has 2 saturated carbocycles. The Morgan fingerprint density at radius 3 is 1.67 bits per heavy atom. The minimum absolute atomic E-state index is 0.0120. The Balaban J connectivity index is 1.99. The van der Waals surface area contributed by atoms with Crippen LogP contribution in [0, 0.1) is 49.7 Å². The van der Waals surface area contributed by atoms with Gasteiger partial charge in [0.25, 0.3) is 0 Å². The standard InChI is InChI=1S/C30H40/c1-21-15-14-16-23-22(2)29(8)26(5)19-12-10-17-24(26,3)25(4)18-11-13-20-27(25,6)30(29,9)28(21,23)7/h10-20,22-23H,1-9H3. The van der Waals surface area contributed by atoms with Gasteiger partial charge in [-0.3, -0.25) is 0 Å². The summed E-state index contributed by atoms with van der Waals surface area (Å²) in [7, 11) is 0. The first kappa shape index (κ1) is 20.3. The van der Waals surface area contributed by atoms with Crippen LogP contribution in [-0.4, -0.2) is 0 Å². The normalized spacial score (nSPS) is 60.0. The first-order valence-electron chi connectivity index (χ1n) is 11.9. The van der Waals surface area contributed by atoms with E-state index < -0.39 is 0 Å². The van der Waals surface area contributed by atoms with E-state index in [1.165, 1.54) is 0 Å². The van der Waals surface area contributed by atoms with Gasteiger partial charge in [0.1, 0.15) is 0 Å². The van der Waals surface area contributed by atoms with Crippen LogP contribution < -0.4 is 0 Å². The van der Waals surface area contributed by atoms with Crippen LogP contribution in [0.2, 0.25) is 0 Å². The van der Waals surface area contributed by atoms with Gasteiger partial charge in [-0.15, -0.1) is 0 Å². The molecule has 0 aliphatic heterocycles. The fourth-order valence-electron chi connectivity index (χ4n) is 10.3. The third kappa shape index (κ3) is 1.48. The Hall–Kier alpha value is -1.56. The SMILES string of the molecule is CC1=CC=CC2C(C)C3(C)C4(C)C=CC=CC4(C)C4(C)C=CC=CC4(C)C3(C)C12C. The predicted octanol–water partition coefficient (Wildman–Crippen LogP) is 8.08. The first-order chi connectivity index (χ1) is 13.8. The summed E-state index contributed by atoms with van der Waals surface area (Å²) in [6.45, 7) is 23.2. The maximum atomic E-state index is 2.67. The van der Waals surface area contributed by atoms with Crippen LogP contribution in [0.15, 0.2) is 72.4 Å². The molecule has 5 aliphatic carbocycles. The molecule has 9 atom stereocenters. The minimum Gasteiger partial charge on any atom is -0.0802 e. The van der Waals surface area contributed by atoms with Gasteiger partial charge in [-0.2, -0.15) is 0 Å². The maximum absolute atomic E-state index is 2.67. The van der Waals surface area contributed by atoms with Gasteiger partial charge in [0.15, 0.2) is 0 Å². The Morgan fingerprint density at radius 2 is 1.10 bits per heavy atom. The van der Waals surface area contributed by atoms with Gasteiger partial charge >= 0.3 is 0 Å². The van der Waals surface area contributed by atoms with Crippen molar-refractivity contribution in [2.45, 2.75) is 62.3 Å². The second-order valence-electron chi connectivity index (χ2n) is 12.3. The molecule has 0 aromatic carbocycles. The smallest absolute Gasteiger partial charge is 0.00475 e. The van der Waals surface area contributed by atoms with Gasteiger partial charge < -0.3 is 0 Å². The largest absolute Gasteiger partial charge is 0.0802 e. The van der Waals surface area contributed by atoms with Crippen molar-refractivity contribution in [1.82, 2.24) is 0 Å². The molecular weight excluding hydrogens is 360 g/mol. The lowest BCUT2D eigenvalue weighted by atomic mass is 9.23. The zero-order valence-electron chi connectivity index (χ0n) is 20.5. The van der Waals surface area contributed by atoms with Crippen LogP contribution in [0.4, 0.5) is 0 Å². The summed E-state index contributed by atoms with van der Waals surface area (Å²) in [4.78, 5) is 0. The summed E-state index contributed by atoms with van der Waals surface area (Å²) in [6.07, 6.45) is 26.8. The molecule has 5 rings (SSSR count). The molecule has 5 aliphatic rings. The molecule has 9 unspecified atom stereocenters. The number of hydrogen-bond donors (Lipinski definition) is 0. The van der Waals surface area contributed by atoms with Crippen molar-refractivity contribution in [3.05, 3.63) is 72.4 Å². The van der Waals surface area contributed by atoms with Crippen molar-refractivity contribution in [1.29, 1.82) is 0 Å². The molecule has 0 nitrogen and oxygen atoms in total. The highest BCUT2D eigenvalue weighted by Gasteiger charge is 2.86. The molecule has 0 aromatic rings. The quantitative estimate of drug-likeness (QED) is 0.385. The van der Waals surface area contributed by atoms with Crippen LogP contribution >= 0.6 is 0 Å². The third-order valence-corrected chi connectivity index (χ3v) is 13.0. The van der Waals surface area contributed by atoms with Crippen LogP contribution in [0.3, 0.4) is 0 Å². The van der Waals surface area contributed by atoms with E-state index in [0.717, 1.165) is 0 Å². The summed E-state index contributed by atoms with van der Waals surface area (Å²) < 4.78 is 0. The third-order valence-electron chi connectivity index (χ3n) is 13.0. The van der Waals surface area contributed by atoms with E-state index in [0.29, 0.717) is 11.8 Å². The maximum Gasteiger partial charge on any atom is 0.00475 e. The summed E-state index contributed by atoms with van der Waals surface area (Å²) in [5.41, 5.74) is 1.96. The molecule has 0 heteroatoms. The first-order valence-corrected chi connectivity index (χ1v) is 11.9. The summed E-state index contributed by atoms with van der Waals surface area (Å²) >= 11 is 0. The molecule has 2 fully saturated rings. The molecule has 0 radical (unpaired) electrons. The number of fused-ring (bicyclic) bond motifs is 8. The molecule has 0 amide bonds. The number of hydrogen-bond acceptors (Lipinski definition) is 0. The van der Waals surface area contributed by atoms with Crippen molar-refractivity contribution in [3.8, 4) is 0 Å². The van der Waals surface area contributed by atoms with E-state index in [1.807, 2.05) is 0 Å². The van der Waals surface area contributed by atoms with E-state index in [4.69, 9.17) is 0 Å². The van der Waals surface area contributed by atoms with Crippen LogP contribution in [0.5, 0.6) is 0 Å². The Morgan fingerprint density at radius 1 is 0.633 bits per heavy atom. The van der Waals surface area contributed by atoms with E-state index >= 15 is 0 Å². The molecule has 0 saturated heterocycles. The van der Waals surface area contributed by atoms with Crippen molar-refractivity contribution in [3.63, 3.8) is 0 Å². The Kier molecular flexibility index (Phi) is 3.56. The van der Waals surface area contributed by atoms with Crippen LogP contribution in [0.1, 0.15) is 62.3 Å².